The van der Waals surface area contributed by atoms with E-state index < -0.39 is 6.10 Å². The standard InChI is InChI=1S/C23H29N5O3/c1-13(29)12-26-22(31)17-7-8-19-18(11-17)20(27-23-24-9-4-10-25-23)14(2)21(16-5-6-16)28(19)15(3)30/h4,7-11,13-14,16,20-21,29H,5-6,12H2,1-3H3,(H,26,31)(H,24,25,27)/t13?,14-,20-,21?/m1/s1. The lowest BCUT2D eigenvalue weighted by atomic mass is 9.79. The normalized spacial score (nSPS) is 23.6. The zero-order valence-electron chi connectivity index (χ0n) is 18.1. The van der Waals surface area contributed by atoms with E-state index >= 15 is 0 Å². The van der Waals surface area contributed by atoms with Crippen molar-refractivity contribution in [2.75, 3.05) is 16.8 Å². The topological polar surface area (TPSA) is 107 Å². The molecule has 4 atom stereocenters. The summed E-state index contributed by atoms with van der Waals surface area (Å²) in [5.74, 6) is 0.834. The molecular weight excluding hydrogens is 394 g/mol. The van der Waals surface area contributed by atoms with Crippen molar-refractivity contribution in [3.05, 3.63) is 47.8 Å². The number of benzene rings is 1. The third-order valence-electron chi connectivity index (χ3n) is 6.10. The Balaban J connectivity index is 1.75. The summed E-state index contributed by atoms with van der Waals surface area (Å²) in [5.41, 5.74) is 2.18. The molecule has 3 N–H and O–H groups in total. The van der Waals surface area contributed by atoms with E-state index in [0.29, 0.717) is 17.4 Å². The molecule has 164 valence electrons. The zero-order valence-corrected chi connectivity index (χ0v) is 18.1. The number of carbonyl (C=O) groups excluding carboxylic acids is 2. The molecule has 8 nitrogen and oxygen atoms in total. The number of nitrogens with zero attached hydrogens (tertiary/aromatic N) is 3. The van der Waals surface area contributed by atoms with Crippen LogP contribution in [0, 0.1) is 11.8 Å². The summed E-state index contributed by atoms with van der Waals surface area (Å²) in [6.45, 7) is 5.54. The number of hydrogen-bond acceptors (Lipinski definition) is 6. The van der Waals surface area contributed by atoms with Gasteiger partial charge in [-0.3, -0.25) is 9.59 Å². The first kappa shape index (κ1) is 21.2. The molecule has 1 fully saturated rings. The van der Waals surface area contributed by atoms with Crippen LogP contribution in [0.3, 0.4) is 0 Å². The van der Waals surface area contributed by atoms with E-state index in [-0.39, 0.29) is 36.4 Å². The van der Waals surface area contributed by atoms with Gasteiger partial charge in [0.2, 0.25) is 11.9 Å². The minimum atomic E-state index is -0.626. The number of aromatic nitrogens is 2. The monoisotopic (exact) mass is 423 g/mol. The number of aliphatic hydroxyl groups excluding tert-OH is 1. The third-order valence-corrected chi connectivity index (χ3v) is 6.10. The number of hydrogen-bond donors (Lipinski definition) is 3. The molecule has 2 heterocycles. The van der Waals surface area contributed by atoms with Gasteiger partial charge in [-0.2, -0.15) is 0 Å². The molecule has 1 aliphatic heterocycles. The lowest BCUT2D eigenvalue weighted by Crippen LogP contribution is -2.51. The molecule has 1 aromatic carbocycles. The molecule has 1 saturated carbocycles. The largest absolute Gasteiger partial charge is 0.392 e. The van der Waals surface area contributed by atoms with Crippen LogP contribution in [-0.2, 0) is 4.79 Å². The Morgan fingerprint density at radius 1 is 1.26 bits per heavy atom. The average molecular weight is 424 g/mol. The van der Waals surface area contributed by atoms with Crippen molar-refractivity contribution >= 4 is 23.5 Å². The Bertz CT molecular complexity index is 961. The van der Waals surface area contributed by atoms with Crippen LogP contribution in [0.2, 0.25) is 0 Å². The quantitative estimate of drug-likeness (QED) is 0.659. The fraction of sp³-hybridized carbons (Fsp3) is 0.478. The van der Waals surface area contributed by atoms with E-state index in [1.54, 1.807) is 38.4 Å². The second kappa shape index (κ2) is 8.63. The van der Waals surface area contributed by atoms with E-state index in [2.05, 4.69) is 27.5 Å². The van der Waals surface area contributed by atoms with Gasteiger partial charge >= 0.3 is 0 Å². The molecule has 2 aliphatic rings. The summed E-state index contributed by atoms with van der Waals surface area (Å²) in [4.78, 5) is 35.9. The Labute approximate surface area is 182 Å². The summed E-state index contributed by atoms with van der Waals surface area (Å²) in [5, 5.41) is 15.7. The van der Waals surface area contributed by atoms with Gasteiger partial charge < -0.3 is 20.6 Å². The van der Waals surface area contributed by atoms with Crippen LogP contribution < -0.4 is 15.5 Å². The summed E-state index contributed by atoms with van der Waals surface area (Å²) in [7, 11) is 0. The molecule has 2 unspecified atom stereocenters. The Morgan fingerprint density at radius 2 is 1.97 bits per heavy atom. The summed E-state index contributed by atoms with van der Waals surface area (Å²) in [6, 6.07) is 7.13. The van der Waals surface area contributed by atoms with Gasteiger partial charge in [-0.25, -0.2) is 9.97 Å². The number of carbonyl (C=O) groups is 2. The van der Waals surface area contributed by atoms with Crippen molar-refractivity contribution in [1.82, 2.24) is 15.3 Å². The van der Waals surface area contributed by atoms with Gasteiger partial charge in [0.25, 0.3) is 5.91 Å². The van der Waals surface area contributed by atoms with Crippen molar-refractivity contribution in [3.8, 4) is 0 Å². The molecule has 0 saturated heterocycles. The summed E-state index contributed by atoms with van der Waals surface area (Å²) in [6.07, 6.45) is 4.97. The molecule has 1 aliphatic carbocycles. The van der Waals surface area contributed by atoms with Crippen molar-refractivity contribution < 1.29 is 14.7 Å². The number of nitrogens with one attached hydrogen (secondary N) is 2. The fourth-order valence-corrected chi connectivity index (χ4v) is 4.56. The highest BCUT2D eigenvalue weighted by Gasteiger charge is 2.47. The highest BCUT2D eigenvalue weighted by Crippen LogP contribution is 2.50. The highest BCUT2D eigenvalue weighted by molar-refractivity contribution is 5.98. The SMILES string of the molecule is CC(=O)N1c2ccc(C(=O)NCC(C)O)cc2[C@H](Nc2ncccn2)[C@@H](C)C1C1CC1. The average Bonchev–Trinajstić information content (AvgIpc) is 3.58. The van der Waals surface area contributed by atoms with Crippen molar-refractivity contribution in [3.63, 3.8) is 0 Å². The molecule has 2 aromatic rings. The van der Waals surface area contributed by atoms with Gasteiger partial charge in [0, 0.05) is 49.1 Å². The van der Waals surface area contributed by atoms with Gasteiger partial charge in [0.15, 0.2) is 0 Å². The Hall–Kier alpha value is -3.00. The number of anilines is 2. The number of rotatable bonds is 6. The van der Waals surface area contributed by atoms with E-state index in [1.807, 2.05) is 17.0 Å². The Morgan fingerprint density at radius 3 is 2.58 bits per heavy atom. The second-order valence-electron chi connectivity index (χ2n) is 8.60. The molecule has 0 bridgehead atoms. The second-order valence-corrected chi connectivity index (χ2v) is 8.60. The number of amides is 2. The molecule has 4 rings (SSSR count). The van der Waals surface area contributed by atoms with Crippen LogP contribution in [0.4, 0.5) is 11.6 Å². The van der Waals surface area contributed by atoms with Crippen LogP contribution in [0.25, 0.3) is 0 Å². The minimum absolute atomic E-state index is 0.00529. The maximum absolute atomic E-state index is 12.7. The molecule has 1 aromatic heterocycles. The number of aliphatic hydroxyl groups is 1. The predicted octanol–water partition coefficient (Wildman–Crippen LogP) is 2.52. The smallest absolute Gasteiger partial charge is 0.251 e. The fourth-order valence-electron chi connectivity index (χ4n) is 4.56. The van der Waals surface area contributed by atoms with E-state index in [0.717, 1.165) is 24.1 Å². The van der Waals surface area contributed by atoms with Gasteiger partial charge in [-0.1, -0.05) is 6.92 Å². The van der Waals surface area contributed by atoms with E-state index in [4.69, 9.17) is 0 Å². The van der Waals surface area contributed by atoms with Crippen molar-refractivity contribution in [1.29, 1.82) is 0 Å². The van der Waals surface area contributed by atoms with Gasteiger partial charge in [0.1, 0.15) is 0 Å². The minimum Gasteiger partial charge on any atom is -0.392 e. The van der Waals surface area contributed by atoms with Gasteiger partial charge in [-0.15, -0.1) is 0 Å². The van der Waals surface area contributed by atoms with Crippen LogP contribution in [0.1, 0.15) is 55.6 Å². The predicted molar refractivity (Wildman–Crippen MR) is 118 cm³/mol. The van der Waals surface area contributed by atoms with Crippen molar-refractivity contribution in [2.45, 2.75) is 51.8 Å². The maximum atomic E-state index is 12.7. The summed E-state index contributed by atoms with van der Waals surface area (Å²) < 4.78 is 0. The molecule has 0 spiro atoms. The first-order chi connectivity index (χ1) is 14.9. The highest BCUT2D eigenvalue weighted by atomic mass is 16.3. The molecule has 8 heteroatoms. The van der Waals surface area contributed by atoms with Crippen molar-refractivity contribution in [2.24, 2.45) is 11.8 Å². The Kier molecular flexibility index (Phi) is 5.91. The first-order valence-electron chi connectivity index (χ1n) is 10.8. The van der Waals surface area contributed by atoms with E-state index in [9.17, 15) is 14.7 Å². The zero-order chi connectivity index (χ0) is 22.1. The van der Waals surface area contributed by atoms with Gasteiger partial charge in [-0.05, 0) is 55.5 Å². The molecule has 2 amide bonds. The van der Waals surface area contributed by atoms with Gasteiger partial charge in [0.05, 0.1) is 12.1 Å². The van der Waals surface area contributed by atoms with Crippen LogP contribution >= 0.6 is 0 Å². The van der Waals surface area contributed by atoms with Crippen LogP contribution in [0.15, 0.2) is 36.7 Å². The molecule has 0 radical (unpaired) electrons. The van der Waals surface area contributed by atoms with Crippen LogP contribution in [0.5, 0.6) is 0 Å². The maximum Gasteiger partial charge on any atom is 0.251 e. The molecular formula is C23H29N5O3. The van der Waals surface area contributed by atoms with E-state index in [1.165, 1.54) is 0 Å². The van der Waals surface area contributed by atoms with Crippen LogP contribution in [-0.4, -0.2) is 45.6 Å². The first-order valence-corrected chi connectivity index (χ1v) is 10.8. The molecule has 31 heavy (non-hydrogen) atoms. The lowest BCUT2D eigenvalue weighted by Gasteiger charge is -2.45. The summed E-state index contributed by atoms with van der Waals surface area (Å²) >= 11 is 0. The lowest BCUT2D eigenvalue weighted by molar-refractivity contribution is -0.117. The third kappa shape index (κ3) is 4.39. The number of fused-ring (bicyclic) bond motifs is 1.